The summed E-state index contributed by atoms with van der Waals surface area (Å²) < 4.78 is 5.37. The van der Waals surface area contributed by atoms with Crippen molar-refractivity contribution in [3.63, 3.8) is 0 Å². The van der Waals surface area contributed by atoms with Gasteiger partial charge in [-0.15, -0.1) is 0 Å². The van der Waals surface area contributed by atoms with Gasteiger partial charge in [0.15, 0.2) is 0 Å². The van der Waals surface area contributed by atoms with Gasteiger partial charge in [0.05, 0.1) is 30.0 Å². The third kappa shape index (κ3) is 4.86. The van der Waals surface area contributed by atoms with E-state index in [4.69, 9.17) is 27.2 Å². The minimum atomic E-state index is -0.159. The zero-order chi connectivity index (χ0) is 15.2. The monoisotopic (exact) mass is 313 g/mol. The molecule has 6 nitrogen and oxygen atoms in total. The highest BCUT2D eigenvalue weighted by atomic mass is 35.5. The number of aliphatic hydroxyl groups excluding tert-OH is 1. The summed E-state index contributed by atoms with van der Waals surface area (Å²) in [4.78, 5) is 14.0. The predicted molar refractivity (Wildman–Crippen MR) is 82.4 cm³/mol. The summed E-state index contributed by atoms with van der Waals surface area (Å²) in [6.07, 6.45) is 0.201. The van der Waals surface area contributed by atoms with Crippen LogP contribution >= 0.6 is 11.6 Å². The molecule has 4 N–H and O–H groups in total. The number of ether oxygens (including phenoxy) is 1. The number of carbonyl (C=O) groups is 1. The Morgan fingerprint density at radius 3 is 3.10 bits per heavy atom. The Balaban J connectivity index is 1.79. The molecule has 1 aromatic rings. The lowest BCUT2D eigenvalue weighted by Crippen LogP contribution is -2.44. The van der Waals surface area contributed by atoms with Crippen molar-refractivity contribution in [3.05, 3.63) is 23.2 Å². The molecule has 1 aliphatic heterocycles. The molecule has 0 aliphatic carbocycles. The average molecular weight is 314 g/mol. The number of rotatable bonds is 5. The van der Waals surface area contributed by atoms with E-state index in [0.29, 0.717) is 42.5 Å². The number of nitrogens with one attached hydrogen (secondary N) is 1. The number of nitrogen functional groups attached to an aromatic ring is 1. The second-order valence-corrected chi connectivity index (χ2v) is 5.42. The van der Waals surface area contributed by atoms with Gasteiger partial charge in [-0.05, 0) is 18.2 Å². The van der Waals surface area contributed by atoms with Gasteiger partial charge in [-0.25, -0.2) is 0 Å². The maximum absolute atomic E-state index is 11.9. The molecule has 1 unspecified atom stereocenters. The van der Waals surface area contributed by atoms with Gasteiger partial charge in [0.2, 0.25) is 5.91 Å². The molecule has 0 bridgehead atoms. The number of halogens is 1. The summed E-state index contributed by atoms with van der Waals surface area (Å²) in [7, 11) is 0. The molecule has 0 spiro atoms. The molecule has 1 fully saturated rings. The van der Waals surface area contributed by atoms with Crippen molar-refractivity contribution in [2.45, 2.75) is 12.5 Å². The Morgan fingerprint density at radius 2 is 2.38 bits per heavy atom. The van der Waals surface area contributed by atoms with Crippen LogP contribution in [0.3, 0.4) is 0 Å². The standard InChI is InChI=1S/C14H20ClN3O3/c15-12-7-10(16)1-2-13(12)17-14(20)3-4-18-5-6-21-11(8-18)9-19/h1-2,7,11,19H,3-6,8-9,16H2,(H,17,20). The van der Waals surface area contributed by atoms with E-state index in [2.05, 4.69) is 10.2 Å². The molecule has 1 amide bonds. The summed E-state index contributed by atoms with van der Waals surface area (Å²) in [6.45, 7) is 2.62. The molecule has 0 aromatic heterocycles. The number of amides is 1. The first-order valence-electron chi connectivity index (χ1n) is 6.88. The van der Waals surface area contributed by atoms with Crippen molar-refractivity contribution < 1.29 is 14.6 Å². The van der Waals surface area contributed by atoms with Gasteiger partial charge in [0, 0.05) is 31.7 Å². The normalized spacial score (nSPS) is 19.4. The minimum Gasteiger partial charge on any atom is -0.399 e. The Hall–Kier alpha value is -1.34. The highest BCUT2D eigenvalue weighted by Gasteiger charge is 2.20. The fourth-order valence-corrected chi connectivity index (χ4v) is 2.44. The molecule has 21 heavy (non-hydrogen) atoms. The smallest absolute Gasteiger partial charge is 0.225 e. The molecular formula is C14H20ClN3O3. The van der Waals surface area contributed by atoms with E-state index in [-0.39, 0.29) is 18.6 Å². The van der Waals surface area contributed by atoms with E-state index < -0.39 is 0 Å². The summed E-state index contributed by atoms with van der Waals surface area (Å²) in [6, 6.07) is 4.98. The highest BCUT2D eigenvalue weighted by molar-refractivity contribution is 6.34. The number of hydrogen-bond acceptors (Lipinski definition) is 5. The van der Waals surface area contributed by atoms with Gasteiger partial charge < -0.3 is 20.9 Å². The summed E-state index contributed by atoms with van der Waals surface area (Å²) in [5.41, 5.74) is 6.72. The Bertz CT molecular complexity index is 498. The highest BCUT2D eigenvalue weighted by Crippen LogP contribution is 2.24. The van der Waals surface area contributed by atoms with E-state index in [0.717, 1.165) is 6.54 Å². The number of morpholine rings is 1. The predicted octanol–water partition coefficient (Wildman–Crippen LogP) is 0.944. The Labute approximate surface area is 128 Å². The van der Waals surface area contributed by atoms with Gasteiger partial charge in [-0.2, -0.15) is 0 Å². The number of carbonyl (C=O) groups excluding carboxylic acids is 1. The molecule has 0 saturated carbocycles. The van der Waals surface area contributed by atoms with Crippen LogP contribution in [0, 0.1) is 0 Å². The van der Waals surface area contributed by atoms with Crippen molar-refractivity contribution in [1.82, 2.24) is 4.90 Å². The zero-order valence-corrected chi connectivity index (χ0v) is 12.5. The second kappa shape index (κ2) is 7.61. The van der Waals surface area contributed by atoms with Crippen LogP contribution in [-0.4, -0.2) is 54.9 Å². The van der Waals surface area contributed by atoms with Gasteiger partial charge in [-0.1, -0.05) is 11.6 Å². The molecule has 2 rings (SSSR count). The van der Waals surface area contributed by atoms with Crippen LogP contribution in [0.1, 0.15) is 6.42 Å². The van der Waals surface area contributed by atoms with Gasteiger partial charge in [0.25, 0.3) is 0 Å². The first-order valence-corrected chi connectivity index (χ1v) is 7.26. The lowest BCUT2D eigenvalue weighted by molar-refractivity contribution is -0.117. The molecule has 116 valence electrons. The molecule has 1 saturated heterocycles. The molecule has 0 radical (unpaired) electrons. The molecule has 1 aliphatic rings. The van der Waals surface area contributed by atoms with Crippen LogP contribution in [0.5, 0.6) is 0 Å². The summed E-state index contributed by atoms with van der Waals surface area (Å²) in [5, 5.41) is 12.3. The van der Waals surface area contributed by atoms with E-state index >= 15 is 0 Å². The van der Waals surface area contributed by atoms with Crippen LogP contribution in [-0.2, 0) is 9.53 Å². The first-order chi connectivity index (χ1) is 10.1. The summed E-state index contributed by atoms with van der Waals surface area (Å²) in [5.74, 6) is -0.103. The lowest BCUT2D eigenvalue weighted by atomic mass is 10.2. The number of benzene rings is 1. The third-order valence-electron chi connectivity index (χ3n) is 3.35. The van der Waals surface area contributed by atoms with Crippen molar-refractivity contribution >= 4 is 28.9 Å². The van der Waals surface area contributed by atoms with Crippen molar-refractivity contribution in [2.75, 3.05) is 43.9 Å². The van der Waals surface area contributed by atoms with Crippen LogP contribution < -0.4 is 11.1 Å². The molecule has 1 heterocycles. The zero-order valence-electron chi connectivity index (χ0n) is 11.7. The lowest BCUT2D eigenvalue weighted by Gasteiger charge is -2.31. The van der Waals surface area contributed by atoms with E-state index in [1.807, 2.05) is 0 Å². The minimum absolute atomic E-state index is 0.00371. The maximum Gasteiger partial charge on any atom is 0.225 e. The van der Waals surface area contributed by atoms with Crippen molar-refractivity contribution in [1.29, 1.82) is 0 Å². The number of aliphatic hydroxyl groups is 1. The molecule has 1 aromatic carbocycles. The largest absolute Gasteiger partial charge is 0.399 e. The topological polar surface area (TPSA) is 87.8 Å². The van der Waals surface area contributed by atoms with Crippen LogP contribution in [0.2, 0.25) is 5.02 Å². The van der Waals surface area contributed by atoms with Crippen LogP contribution in [0.4, 0.5) is 11.4 Å². The fourth-order valence-electron chi connectivity index (χ4n) is 2.20. The third-order valence-corrected chi connectivity index (χ3v) is 3.66. The quantitative estimate of drug-likeness (QED) is 0.704. The summed E-state index contributed by atoms with van der Waals surface area (Å²) >= 11 is 6.01. The second-order valence-electron chi connectivity index (χ2n) is 5.01. The Morgan fingerprint density at radius 1 is 1.57 bits per heavy atom. The first kappa shape index (κ1) is 16.0. The van der Waals surface area contributed by atoms with E-state index in [9.17, 15) is 4.79 Å². The average Bonchev–Trinajstić information content (AvgIpc) is 2.48. The van der Waals surface area contributed by atoms with E-state index in [1.54, 1.807) is 18.2 Å². The van der Waals surface area contributed by atoms with Gasteiger partial charge >= 0.3 is 0 Å². The van der Waals surface area contributed by atoms with Gasteiger partial charge in [-0.3, -0.25) is 9.69 Å². The fraction of sp³-hybridized carbons (Fsp3) is 0.500. The van der Waals surface area contributed by atoms with Crippen LogP contribution in [0.15, 0.2) is 18.2 Å². The molecule has 1 atom stereocenters. The molecule has 7 heteroatoms. The SMILES string of the molecule is Nc1ccc(NC(=O)CCN2CCOC(CO)C2)c(Cl)c1. The Kier molecular flexibility index (Phi) is 5.81. The van der Waals surface area contributed by atoms with Gasteiger partial charge in [0.1, 0.15) is 0 Å². The number of hydrogen-bond donors (Lipinski definition) is 3. The van der Waals surface area contributed by atoms with Crippen molar-refractivity contribution in [2.24, 2.45) is 0 Å². The van der Waals surface area contributed by atoms with E-state index in [1.165, 1.54) is 0 Å². The van der Waals surface area contributed by atoms with Crippen molar-refractivity contribution in [3.8, 4) is 0 Å². The number of nitrogens with zero attached hydrogens (tertiary/aromatic N) is 1. The maximum atomic E-state index is 11.9. The number of anilines is 2. The van der Waals surface area contributed by atoms with Crippen LogP contribution in [0.25, 0.3) is 0 Å². The molecular weight excluding hydrogens is 294 g/mol. The number of nitrogens with two attached hydrogens (primary N) is 1.